The molecular formula is C19H17BrN4O2. The summed E-state index contributed by atoms with van der Waals surface area (Å²) in [5.41, 5.74) is 2.28. The molecule has 2 heterocycles. The van der Waals surface area contributed by atoms with E-state index in [1.54, 1.807) is 25.4 Å². The number of aryl methyl sites for hydroxylation is 1. The van der Waals surface area contributed by atoms with Gasteiger partial charge in [-0.2, -0.15) is 0 Å². The lowest BCUT2D eigenvalue weighted by Crippen LogP contribution is -2.28. The van der Waals surface area contributed by atoms with E-state index >= 15 is 0 Å². The average Bonchev–Trinajstić information content (AvgIpc) is 2.63. The van der Waals surface area contributed by atoms with E-state index in [1.165, 1.54) is 0 Å². The molecule has 0 saturated carbocycles. The van der Waals surface area contributed by atoms with E-state index in [-0.39, 0.29) is 17.9 Å². The largest absolute Gasteiger partial charge is 0.352 e. The Kier molecular flexibility index (Phi) is 5.58. The Labute approximate surface area is 158 Å². The van der Waals surface area contributed by atoms with Crippen LogP contribution in [-0.2, 0) is 17.8 Å². The van der Waals surface area contributed by atoms with Crippen LogP contribution in [0.25, 0.3) is 11.4 Å². The predicted octanol–water partition coefficient (Wildman–Crippen LogP) is 2.76. The van der Waals surface area contributed by atoms with Gasteiger partial charge in [0.2, 0.25) is 5.91 Å². The number of pyridine rings is 1. The molecule has 0 aliphatic carbocycles. The summed E-state index contributed by atoms with van der Waals surface area (Å²) in [5.74, 6) is 0.216. The lowest BCUT2D eigenvalue weighted by molar-refractivity contribution is -0.120. The second kappa shape index (κ2) is 8.05. The van der Waals surface area contributed by atoms with Crippen LogP contribution in [-0.4, -0.2) is 20.9 Å². The Morgan fingerprint density at radius 3 is 2.81 bits per heavy atom. The topological polar surface area (TPSA) is 87.7 Å². The number of nitrogens with one attached hydrogen (secondary N) is 2. The molecule has 0 radical (unpaired) electrons. The number of carbonyl (C=O) groups is 1. The lowest BCUT2D eigenvalue weighted by atomic mass is 10.1. The molecule has 0 aliphatic rings. The molecule has 2 aromatic heterocycles. The van der Waals surface area contributed by atoms with Crippen molar-refractivity contribution < 1.29 is 4.79 Å². The Morgan fingerprint density at radius 1 is 1.27 bits per heavy atom. The van der Waals surface area contributed by atoms with E-state index in [1.807, 2.05) is 30.3 Å². The standard InChI is InChI=1S/C19H17BrN4O2/c1-12-16(9-17(25)22-10-13-4-2-6-15(20)8-13)19(26)24-18(23-12)14-5-3-7-21-11-14/h2-8,11H,9-10H2,1H3,(H,22,25)(H,23,24,26). The van der Waals surface area contributed by atoms with Crippen molar-refractivity contribution in [1.29, 1.82) is 0 Å². The first-order valence-electron chi connectivity index (χ1n) is 8.04. The number of hydrogen-bond acceptors (Lipinski definition) is 4. The van der Waals surface area contributed by atoms with E-state index in [2.05, 4.69) is 36.2 Å². The number of carbonyl (C=O) groups excluding carboxylic acids is 1. The number of aromatic nitrogens is 3. The van der Waals surface area contributed by atoms with E-state index in [0.29, 0.717) is 23.6 Å². The molecule has 26 heavy (non-hydrogen) atoms. The molecule has 0 saturated heterocycles. The number of aromatic amines is 1. The lowest BCUT2D eigenvalue weighted by Gasteiger charge is -2.08. The van der Waals surface area contributed by atoms with Crippen LogP contribution < -0.4 is 10.9 Å². The monoisotopic (exact) mass is 412 g/mol. The van der Waals surface area contributed by atoms with Crippen LogP contribution in [0.3, 0.4) is 0 Å². The fourth-order valence-electron chi connectivity index (χ4n) is 2.53. The van der Waals surface area contributed by atoms with Crippen molar-refractivity contribution in [2.75, 3.05) is 0 Å². The molecular weight excluding hydrogens is 396 g/mol. The molecule has 7 heteroatoms. The van der Waals surface area contributed by atoms with Gasteiger partial charge in [0.1, 0.15) is 5.82 Å². The van der Waals surface area contributed by atoms with Crippen molar-refractivity contribution in [2.45, 2.75) is 19.9 Å². The first-order chi connectivity index (χ1) is 12.5. The molecule has 2 N–H and O–H groups in total. The van der Waals surface area contributed by atoms with E-state index in [0.717, 1.165) is 15.6 Å². The van der Waals surface area contributed by atoms with Gasteiger partial charge in [-0.15, -0.1) is 0 Å². The van der Waals surface area contributed by atoms with Crippen LogP contribution in [0.1, 0.15) is 16.8 Å². The molecule has 3 rings (SSSR count). The fraction of sp³-hybridized carbons (Fsp3) is 0.158. The minimum atomic E-state index is -0.311. The normalized spacial score (nSPS) is 10.5. The summed E-state index contributed by atoms with van der Waals surface area (Å²) < 4.78 is 0.951. The molecule has 0 unspecified atom stereocenters. The van der Waals surface area contributed by atoms with Gasteiger partial charge in [-0.3, -0.25) is 14.6 Å². The minimum Gasteiger partial charge on any atom is -0.352 e. The van der Waals surface area contributed by atoms with Crippen molar-refractivity contribution in [2.24, 2.45) is 0 Å². The van der Waals surface area contributed by atoms with Crippen LogP contribution >= 0.6 is 15.9 Å². The summed E-state index contributed by atoms with van der Waals surface area (Å²) >= 11 is 3.40. The first kappa shape index (κ1) is 18.0. The van der Waals surface area contributed by atoms with E-state index in [4.69, 9.17) is 0 Å². The zero-order valence-electron chi connectivity index (χ0n) is 14.1. The van der Waals surface area contributed by atoms with Gasteiger partial charge in [0, 0.05) is 40.2 Å². The highest BCUT2D eigenvalue weighted by molar-refractivity contribution is 9.10. The molecule has 6 nitrogen and oxygen atoms in total. The van der Waals surface area contributed by atoms with E-state index in [9.17, 15) is 9.59 Å². The summed E-state index contributed by atoms with van der Waals surface area (Å²) in [6.45, 7) is 2.13. The van der Waals surface area contributed by atoms with Crippen LogP contribution in [0.4, 0.5) is 0 Å². The van der Waals surface area contributed by atoms with Gasteiger partial charge < -0.3 is 10.3 Å². The number of hydrogen-bond donors (Lipinski definition) is 2. The molecule has 0 aliphatic heterocycles. The van der Waals surface area contributed by atoms with Crippen molar-refractivity contribution in [3.8, 4) is 11.4 Å². The number of benzene rings is 1. The maximum Gasteiger partial charge on any atom is 0.255 e. The molecule has 132 valence electrons. The fourth-order valence-corrected chi connectivity index (χ4v) is 2.98. The third kappa shape index (κ3) is 4.43. The zero-order valence-corrected chi connectivity index (χ0v) is 15.7. The Hall–Kier alpha value is -2.80. The number of rotatable bonds is 5. The SMILES string of the molecule is Cc1nc(-c2cccnc2)[nH]c(=O)c1CC(=O)NCc1cccc(Br)c1. The average molecular weight is 413 g/mol. The third-order valence-electron chi connectivity index (χ3n) is 3.87. The molecule has 0 bridgehead atoms. The van der Waals surface area contributed by atoms with Crippen molar-refractivity contribution in [3.05, 3.63) is 80.4 Å². The van der Waals surface area contributed by atoms with Gasteiger partial charge in [-0.05, 0) is 36.8 Å². The first-order valence-corrected chi connectivity index (χ1v) is 8.83. The van der Waals surface area contributed by atoms with Gasteiger partial charge in [0.25, 0.3) is 5.56 Å². The number of H-pyrrole nitrogens is 1. The van der Waals surface area contributed by atoms with Crippen LogP contribution in [0.2, 0.25) is 0 Å². The summed E-state index contributed by atoms with van der Waals surface area (Å²) in [4.78, 5) is 35.8. The summed E-state index contributed by atoms with van der Waals surface area (Å²) in [5, 5.41) is 2.83. The maximum atomic E-state index is 12.4. The summed E-state index contributed by atoms with van der Waals surface area (Å²) in [6.07, 6.45) is 3.26. The van der Waals surface area contributed by atoms with Crippen molar-refractivity contribution in [3.63, 3.8) is 0 Å². The highest BCUT2D eigenvalue weighted by Gasteiger charge is 2.13. The Balaban J connectivity index is 1.71. The van der Waals surface area contributed by atoms with Crippen LogP contribution in [0, 0.1) is 6.92 Å². The van der Waals surface area contributed by atoms with Gasteiger partial charge in [0.05, 0.1) is 6.42 Å². The van der Waals surface area contributed by atoms with Gasteiger partial charge in [0.15, 0.2) is 0 Å². The number of halogens is 1. The van der Waals surface area contributed by atoms with Crippen LogP contribution in [0.15, 0.2) is 58.1 Å². The molecule has 0 fully saturated rings. The molecule has 1 amide bonds. The second-order valence-electron chi connectivity index (χ2n) is 5.80. The molecule has 1 aromatic carbocycles. The van der Waals surface area contributed by atoms with Crippen molar-refractivity contribution in [1.82, 2.24) is 20.3 Å². The molecule has 0 spiro atoms. The van der Waals surface area contributed by atoms with Crippen LogP contribution in [0.5, 0.6) is 0 Å². The van der Waals surface area contributed by atoms with Gasteiger partial charge in [-0.25, -0.2) is 4.98 Å². The van der Waals surface area contributed by atoms with Gasteiger partial charge in [-0.1, -0.05) is 28.1 Å². The van der Waals surface area contributed by atoms with E-state index < -0.39 is 0 Å². The van der Waals surface area contributed by atoms with Gasteiger partial charge >= 0.3 is 0 Å². The third-order valence-corrected chi connectivity index (χ3v) is 4.37. The molecule has 0 atom stereocenters. The maximum absolute atomic E-state index is 12.4. The highest BCUT2D eigenvalue weighted by atomic mass is 79.9. The predicted molar refractivity (Wildman–Crippen MR) is 103 cm³/mol. The Bertz CT molecular complexity index is 986. The summed E-state index contributed by atoms with van der Waals surface area (Å²) in [6, 6.07) is 11.3. The summed E-state index contributed by atoms with van der Waals surface area (Å²) in [7, 11) is 0. The minimum absolute atomic E-state index is 0.0184. The Morgan fingerprint density at radius 2 is 2.12 bits per heavy atom. The smallest absolute Gasteiger partial charge is 0.255 e. The number of amides is 1. The zero-order chi connectivity index (χ0) is 18.5. The number of nitrogens with zero attached hydrogens (tertiary/aromatic N) is 2. The molecule has 3 aromatic rings. The van der Waals surface area contributed by atoms with Crippen molar-refractivity contribution >= 4 is 21.8 Å². The second-order valence-corrected chi connectivity index (χ2v) is 6.72. The highest BCUT2D eigenvalue weighted by Crippen LogP contribution is 2.13. The quantitative estimate of drug-likeness (QED) is 0.674.